The van der Waals surface area contributed by atoms with Crippen molar-refractivity contribution in [3.05, 3.63) is 36.1 Å². The molecule has 2 aromatic rings. The number of carbonyl (C=O) groups is 1. The van der Waals surface area contributed by atoms with Crippen LogP contribution in [0.25, 0.3) is 17.0 Å². The summed E-state index contributed by atoms with van der Waals surface area (Å²) in [7, 11) is 1.54. The Morgan fingerprint density at radius 2 is 2.19 bits per heavy atom. The van der Waals surface area contributed by atoms with E-state index in [9.17, 15) is 18.0 Å². The second-order valence-electron chi connectivity index (χ2n) is 6.00. The standard InChI is InChI=1S/C18H18F3NO4/c1-24-10-13-9-22(17(23)26-13)15-11-25-16-8-12(5-6-14(15)16)4-2-3-7-18(19,20)21/h2,4-6,8,11,13H,3,7,9-10H2,1H3/b4-2+/t13-/m1/s1. The van der Waals surface area contributed by atoms with Gasteiger partial charge in [-0.3, -0.25) is 4.90 Å². The van der Waals surface area contributed by atoms with E-state index in [1.165, 1.54) is 24.3 Å². The van der Waals surface area contributed by atoms with E-state index in [-0.39, 0.29) is 12.5 Å². The number of carbonyl (C=O) groups excluding carboxylic acids is 1. The highest BCUT2D eigenvalue weighted by molar-refractivity contribution is 6.01. The number of hydrogen-bond donors (Lipinski definition) is 0. The van der Waals surface area contributed by atoms with E-state index in [2.05, 4.69) is 0 Å². The number of allylic oxidation sites excluding steroid dienone is 1. The third-order valence-electron chi connectivity index (χ3n) is 4.00. The lowest BCUT2D eigenvalue weighted by molar-refractivity contribution is -0.133. The fraction of sp³-hybridized carbons (Fsp3) is 0.389. The fourth-order valence-electron chi connectivity index (χ4n) is 2.80. The van der Waals surface area contributed by atoms with Crippen molar-refractivity contribution < 1.29 is 31.9 Å². The summed E-state index contributed by atoms with van der Waals surface area (Å²) in [4.78, 5) is 13.5. The molecule has 3 rings (SSSR count). The topological polar surface area (TPSA) is 51.9 Å². The van der Waals surface area contributed by atoms with Gasteiger partial charge in [-0.1, -0.05) is 18.2 Å². The number of halogens is 3. The maximum atomic E-state index is 12.1. The minimum atomic E-state index is -4.16. The first kappa shape index (κ1) is 18.3. The number of fused-ring (bicyclic) bond motifs is 1. The molecule has 0 unspecified atom stereocenters. The van der Waals surface area contributed by atoms with Crippen molar-refractivity contribution >= 4 is 28.8 Å². The van der Waals surface area contributed by atoms with E-state index in [0.717, 1.165) is 10.9 Å². The molecule has 1 aromatic carbocycles. The number of furan rings is 1. The SMILES string of the molecule is COC[C@H]1CN(c2coc3cc(/C=C/CCC(F)(F)F)ccc23)C(=O)O1. The average Bonchev–Trinajstić information content (AvgIpc) is 3.14. The lowest BCUT2D eigenvalue weighted by Crippen LogP contribution is -2.25. The lowest BCUT2D eigenvalue weighted by Gasteiger charge is -2.10. The molecule has 140 valence electrons. The summed E-state index contributed by atoms with van der Waals surface area (Å²) < 4.78 is 52.2. The van der Waals surface area contributed by atoms with E-state index in [4.69, 9.17) is 13.9 Å². The molecule has 0 radical (unpaired) electrons. The van der Waals surface area contributed by atoms with Gasteiger partial charge in [-0.05, 0) is 24.1 Å². The van der Waals surface area contributed by atoms with Crippen LogP contribution in [0.2, 0.25) is 0 Å². The van der Waals surface area contributed by atoms with E-state index in [0.29, 0.717) is 24.4 Å². The predicted molar refractivity (Wildman–Crippen MR) is 90.0 cm³/mol. The van der Waals surface area contributed by atoms with Gasteiger partial charge in [0.2, 0.25) is 0 Å². The molecule has 1 aliphatic rings. The number of anilines is 1. The highest BCUT2D eigenvalue weighted by Crippen LogP contribution is 2.33. The van der Waals surface area contributed by atoms with Gasteiger partial charge in [-0.2, -0.15) is 13.2 Å². The van der Waals surface area contributed by atoms with Crippen LogP contribution >= 0.6 is 0 Å². The normalized spacial score (nSPS) is 18.2. The summed E-state index contributed by atoms with van der Waals surface area (Å²) in [6.45, 7) is 0.672. The Bertz CT molecular complexity index is 812. The van der Waals surface area contributed by atoms with Gasteiger partial charge in [-0.25, -0.2) is 4.79 Å². The molecule has 1 amide bonds. The smallest absolute Gasteiger partial charge is 0.414 e. The zero-order valence-corrected chi connectivity index (χ0v) is 14.1. The van der Waals surface area contributed by atoms with Crippen molar-refractivity contribution in [2.75, 3.05) is 25.2 Å². The van der Waals surface area contributed by atoms with Crippen LogP contribution in [0.1, 0.15) is 18.4 Å². The van der Waals surface area contributed by atoms with Crippen molar-refractivity contribution in [2.24, 2.45) is 0 Å². The Hall–Kier alpha value is -2.48. The maximum Gasteiger partial charge on any atom is 0.414 e. The first-order valence-electron chi connectivity index (χ1n) is 8.09. The van der Waals surface area contributed by atoms with Crippen LogP contribution < -0.4 is 4.90 Å². The third kappa shape index (κ3) is 4.19. The Kier molecular flexibility index (Phi) is 5.22. The molecule has 0 spiro atoms. The highest BCUT2D eigenvalue weighted by atomic mass is 19.4. The molecule has 0 bridgehead atoms. The van der Waals surface area contributed by atoms with Crippen LogP contribution in [0.15, 0.2) is 35.0 Å². The molecule has 0 saturated carbocycles. The van der Waals surface area contributed by atoms with Crippen LogP contribution in [0.4, 0.5) is 23.7 Å². The number of rotatable bonds is 6. The summed E-state index contributed by atoms with van der Waals surface area (Å²) in [5, 5.41) is 0.729. The Labute approximate surface area is 148 Å². The van der Waals surface area contributed by atoms with Crippen molar-refractivity contribution in [1.82, 2.24) is 0 Å². The predicted octanol–water partition coefficient (Wildman–Crippen LogP) is 4.76. The number of ether oxygens (including phenoxy) is 2. The third-order valence-corrected chi connectivity index (χ3v) is 4.00. The van der Waals surface area contributed by atoms with Gasteiger partial charge in [-0.15, -0.1) is 0 Å². The zero-order chi connectivity index (χ0) is 18.7. The van der Waals surface area contributed by atoms with Gasteiger partial charge < -0.3 is 13.9 Å². The van der Waals surface area contributed by atoms with E-state index in [1.54, 1.807) is 24.3 Å². The van der Waals surface area contributed by atoms with Crippen molar-refractivity contribution in [2.45, 2.75) is 25.1 Å². The van der Waals surface area contributed by atoms with Crippen LogP contribution in [0, 0.1) is 0 Å². The Balaban J connectivity index is 1.73. The summed E-state index contributed by atoms with van der Waals surface area (Å²) in [5.41, 5.74) is 1.86. The number of cyclic esters (lactones) is 1. The van der Waals surface area contributed by atoms with Gasteiger partial charge in [0, 0.05) is 18.9 Å². The molecular weight excluding hydrogens is 351 g/mol. The molecule has 1 saturated heterocycles. The van der Waals surface area contributed by atoms with Gasteiger partial charge in [0.25, 0.3) is 0 Å². The lowest BCUT2D eigenvalue weighted by atomic mass is 10.1. The number of hydrogen-bond acceptors (Lipinski definition) is 4. The number of nitrogens with zero attached hydrogens (tertiary/aromatic N) is 1. The molecule has 1 fully saturated rings. The second kappa shape index (κ2) is 7.41. The minimum Gasteiger partial charge on any atom is -0.462 e. The monoisotopic (exact) mass is 369 g/mol. The molecule has 5 nitrogen and oxygen atoms in total. The van der Waals surface area contributed by atoms with Crippen LogP contribution in [-0.4, -0.2) is 38.6 Å². The maximum absolute atomic E-state index is 12.1. The molecule has 8 heteroatoms. The molecular formula is C18H18F3NO4. The quantitative estimate of drug-likeness (QED) is 0.737. The molecule has 1 atom stereocenters. The van der Waals surface area contributed by atoms with E-state index >= 15 is 0 Å². The minimum absolute atomic E-state index is 0.0779. The molecule has 26 heavy (non-hydrogen) atoms. The number of methoxy groups -OCH3 is 1. The number of benzene rings is 1. The molecule has 1 aromatic heterocycles. The van der Waals surface area contributed by atoms with Crippen molar-refractivity contribution in [3.8, 4) is 0 Å². The van der Waals surface area contributed by atoms with Crippen LogP contribution in [-0.2, 0) is 9.47 Å². The van der Waals surface area contributed by atoms with E-state index < -0.39 is 18.7 Å². The van der Waals surface area contributed by atoms with Crippen LogP contribution in [0.5, 0.6) is 0 Å². The zero-order valence-electron chi connectivity index (χ0n) is 14.1. The second-order valence-corrected chi connectivity index (χ2v) is 6.00. The van der Waals surface area contributed by atoms with Crippen LogP contribution in [0.3, 0.4) is 0 Å². The highest BCUT2D eigenvalue weighted by Gasteiger charge is 2.34. The van der Waals surface area contributed by atoms with Gasteiger partial charge >= 0.3 is 12.3 Å². The summed E-state index contributed by atoms with van der Waals surface area (Å²) in [6.07, 6.45) is -1.33. The summed E-state index contributed by atoms with van der Waals surface area (Å²) in [5.74, 6) is 0. The fourth-order valence-corrected chi connectivity index (χ4v) is 2.80. The summed E-state index contributed by atoms with van der Waals surface area (Å²) in [6, 6.07) is 5.25. The van der Waals surface area contributed by atoms with Crippen molar-refractivity contribution in [1.29, 1.82) is 0 Å². The van der Waals surface area contributed by atoms with Crippen molar-refractivity contribution in [3.63, 3.8) is 0 Å². The van der Waals surface area contributed by atoms with E-state index in [1.807, 2.05) is 0 Å². The largest absolute Gasteiger partial charge is 0.462 e. The summed E-state index contributed by atoms with van der Waals surface area (Å²) >= 11 is 0. The molecule has 1 aliphatic heterocycles. The first-order valence-corrected chi connectivity index (χ1v) is 8.09. The van der Waals surface area contributed by atoms with Gasteiger partial charge in [0.1, 0.15) is 18.0 Å². The van der Waals surface area contributed by atoms with Gasteiger partial charge in [0.15, 0.2) is 0 Å². The average molecular weight is 369 g/mol. The first-order chi connectivity index (χ1) is 12.4. The molecule has 2 heterocycles. The van der Waals surface area contributed by atoms with Gasteiger partial charge in [0.05, 0.1) is 18.8 Å². The molecule has 0 aliphatic carbocycles. The Morgan fingerprint density at radius 3 is 2.92 bits per heavy atom. The Morgan fingerprint density at radius 1 is 1.38 bits per heavy atom. The number of alkyl halides is 3. The molecule has 0 N–H and O–H groups in total. The number of amides is 1.